The van der Waals surface area contributed by atoms with E-state index in [1.165, 1.54) is 0 Å². The van der Waals surface area contributed by atoms with Crippen LogP contribution in [0.25, 0.3) is 0 Å². The number of aromatic nitrogens is 1. The van der Waals surface area contributed by atoms with Crippen molar-refractivity contribution >= 4 is 9.84 Å². The van der Waals surface area contributed by atoms with E-state index in [-0.39, 0.29) is 23.6 Å². The SMILES string of the molecule is NCc1cc2c([nH]c1=O)CCS(=O)(=O)CC2. The summed E-state index contributed by atoms with van der Waals surface area (Å²) in [6, 6.07) is 1.73. The highest BCUT2D eigenvalue weighted by Gasteiger charge is 2.19. The number of rotatable bonds is 1. The first-order valence-electron chi connectivity index (χ1n) is 5.16. The van der Waals surface area contributed by atoms with E-state index in [0.29, 0.717) is 18.4 Å². The summed E-state index contributed by atoms with van der Waals surface area (Å²) in [5.41, 5.74) is 7.39. The topological polar surface area (TPSA) is 93.0 Å². The number of hydrogen-bond acceptors (Lipinski definition) is 4. The molecule has 0 radical (unpaired) electrons. The first-order valence-corrected chi connectivity index (χ1v) is 6.98. The van der Waals surface area contributed by atoms with Crippen LogP contribution in [0.2, 0.25) is 0 Å². The third-order valence-electron chi connectivity index (χ3n) is 2.86. The van der Waals surface area contributed by atoms with Crippen LogP contribution in [-0.4, -0.2) is 24.9 Å². The zero-order chi connectivity index (χ0) is 11.8. The maximum atomic E-state index is 11.5. The monoisotopic (exact) mass is 242 g/mol. The third kappa shape index (κ3) is 2.17. The van der Waals surface area contributed by atoms with E-state index >= 15 is 0 Å². The zero-order valence-corrected chi connectivity index (χ0v) is 9.64. The van der Waals surface area contributed by atoms with Crippen molar-refractivity contribution in [3.8, 4) is 0 Å². The molecule has 0 spiro atoms. The standard InChI is InChI=1S/C10H14N2O3S/c11-6-8-5-7-1-3-16(14,15)4-2-9(7)12-10(8)13/h5H,1-4,6,11H2,(H,12,13). The second kappa shape index (κ2) is 4.03. The van der Waals surface area contributed by atoms with Crippen LogP contribution in [0.1, 0.15) is 16.8 Å². The van der Waals surface area contributed by atoms with Gasteiger partial charge in [0.15, 0.2) is 9.84 Å². The van der Waals surface area contributed by atoms with Crippen molar-refractivity contribution in [3.63, 3.8) is 0 Å². The second-order valence-electron chi connectivity index (χ2n) is 3.98. The summed E-state index contributed by atoms with van der Waals surface area (Å²) < 4.78 is 22.9. The Labute approximate surface area is 93.6 Å². The number of fused-ring (bicyclic) bond motifs is 1. The molecule has 0 fully saturated rings. The second-order valence-corrected chi connectivity index (χ2v) is 6.29. The molecule has 1 aromatic heterocycles. The van der Waals surface area contributed by atoms with E-state index in [2.05, 4.69) is 4.98 Å². The molecule has 0 aromatic carbocycles. The molecule has 2 rings (SSSR count). The smallest absolute Gasteiger partial charge is 0.252 e. The van der Waals surface area contributed by atoms with Gasteiger partial charge < -0.3 is 10.7 Å². The highest BCUT2D eigenvalue weighted by molar-refractivity contribution is 7.91. The van der Waals surface area contributed by atoms with Crippen LogP contribution in [-0.2, 0) is 29.2 Å². The molecule has 5 nitrogen and oxygen atoms in total. The van der Waals surface area contributed by atoms with Gasteiger partial charge in [0, 0.05) is 24.2 Å². The van der Waals surface area contributed by atoms with Gasteiger partial charge in [0.05, 0.1) is 11.5 Å². The highest BCUT2D eigenvalue weighted by Crippen LogP contribution is 2.14. The average molecular weight is 242 g/mol. The first kappa shape index (κ1) is 11.3. The fourth-order valence-electron chi connectivity index (χ4n) is 1.88. The molecule has 0 amide bonds. The summed E-state index contributed by atoms with van der Waals surface area (Å²) >= 11 is 0. The molecule has 0 unspecified atom stereocenters. The minimum atomic E-state index is -2.97. The summed E-state index contributed by atoms with van der Waals surface area (Å²) in [5, 5.41) is 0. The maximum absolute atomic E-state index is 11.5. The summed E-state index contributed by atoms with van der Waals surface area (Å²) in [6.07, 6.45) is 0.846. The van der Waals surface area contributed by atoms with E-state index < -0.39 is 9.84 Å². The van der Waals surface area contributed by atoms with Gasteiger partial charge in [-0.2, -0.15) is 0 Å². The van der Waals surface area contributed by atoms with Crippen molar-refractivity contribution in [2.45, 2.75) is 19.4 Å². The first-order chi connectivity index (χ1) is 7.52. The van der Waals surface area contributed by atoms with Crippen LogP contribution in [0.5, 0.6) is 0 Å². The van der Waals surface area contributed by atoms with Gasteiger partial charge in [-0.25, -0.2) is 8.42 Å². The molecule has 0 atom stereocenters. The van der Waals surface area contributed by atoms with Gasteiger partial charge in [-0.05, 0) is 18.1 Å². The molecule has 16 heavy (non-hydrogen) atoms. The van der Waals surface area contributed by atoms with Gasteiger partial charge in [-0.15, -0.1) is 0 Å². The van der Waals surface area contributed by atoms with Crippen LogP contribution in [0.3, 0.4) is 0 Å². The molecular formula is C10H14N2O3S. The number of H-pyrrole nitrogens is 1. The lowest BCUT2D eigenvalue weighted by Gasteiger charge is -2.06. The maximum Gasteiger partial charge on any atom is 0.252 e. The van der Waals surface area contributed by atoms with Crippen molar-refractivity contribution < 1.29 is 8.42 Å². The highest BCUT2D eigenvalue weighted by atomic mass is 32.2. The number of nitrogens with one attached hydrogen (secondary N) is 1. The lowest BCUT2D eigenvalue weighted by atomic mass is 10.1. The Bertz CT molecular complexity index is 560. The van der Waals surface area contributed by atoms with Crippen LogP contribution >= 0.6 is 0 Å². The van der Waals surface area contributed by atoms with Gasteiger partial charge >= 0.3 is 0 Å². The molecule has 2 heterocycles. The van der Waals surface area contributed by atoms with Gasteiger partial charge in [-0.3, -0.25) is 4.79 Å². The summed E-state index contributed by atoms with van der Waals surface area (Å²) in [5.74, 6) is 0.258. The lowest BCUT2D eigenvalue weighted by Crippen LogP contribution is -2.19. The lowest BCUT2D eigenvalue weighted by molar-refractivity contribution is 0.596. The Kier molecular flexibility index (Phi) is 2.86. The van der Waals surface area contributed by atoms with Crippen molar-refractivity contribution in [1.29, 1.82) is 0 Å². The van der Waals surface area contributed by atoms with Gasteiger partial charge in [0.2, 0.25) is 0 Å². The predicted octanol–water partition coefficient (Wildman–Crippen LogP) is -0.653. The number of pyridine rings is 1. The predicted molar refractivity (Wildman–Crippen MR) is 61.0 cm³/mol. The Morgan fingerprint density at radius 1 is 1.31 bits per heavy atom. The number of aryl methyl sites for hydroxylation is 2. The van der Waals surface area contributed by atoms with Gasteiger partial charge in [0.25, 0.3) is 5.56 Å². The Hall–Kier alpha value is -1.14. The van der Waals surface area contributed by atoms with E-state index in [9.17, 15) is 13.2 Å². The zero-order valence-electron chi connectivity index (χ0n) is 8.82. The molecular weight excluding hydrogens is 228 g/mol. The quantitative estimate of drug-likeness (QED) is 0.684. The molecule has 0 bridgehead atoms. The number of nitrogens with two attached hydrogens (primary N) is 1. The molecule has 1 aromatic rings. The van der Waals surface area contributed by atoms with Crippen molar-refractivity contribution in [2.75, 3.05) is 11.5 Å². The third-order valence-corrected chi connectivity index (χ3v) is 4.51. The minimum absolute atomic E-state index is 0.109. The molecule has 3 N–H and O–H groups in total. The van der Waals surface area contributed by atoms with E-state index in [1.807, 2.05) is 0 Å². The van der Waals surface area contributed by atoms with Crippen molar-refractivity contribution in [2.24, 2.45) is 5.73 Å². The fourth-order valence-corrected chi connectivity index (χ4v) is 3.13. The van der Waals surface area contributed by atoms with Crippen LogP contribution in [0, 0.1) is 0 Å². The van der Waals surface area contributed by atoms with Crippen molar-refractivity contribution in [1.82, 2.24) is 4.98 Å². The van der Waals surface area contributed by atoms with Gasteiger partial charge in [-0.1, -0.05) is 0 Å². The van der Waals surface area contributed by atoms with Crippen LogP contribution in [0.4, 0.5) is 0 Å². The minimum Gasteiger partial charge on any atom is -0.326 e. The van der Waals surface area contributed by atoms with E-state index in [4.69, 9.17) is 5.73 Å². The summed E-state index contributed by atoms with van der Waals surface area (Å²) in [7, 11) is -2.97. The normalized spacial score (nSPS) is 18.8. The van der Waals surface area contributed by atoms with E-state index in [1.54, 1.807) is 6.07 Å². The van der Waals surface area contributed by atoms with Crippen LogP contribution in [0.15, 0.2) is 10.9 Å². The van der Waals surface area contributed by atoms with Gasteiger partial charge in [0.1, 0.15) is 0 Å². The molecule has 0 saturated carbocycles. The molecule has 88 valence electrons. The number of hydrogen-bond donors (Lipinski definition) is 2. The van der Waals surface area contributed by atoms with Crippen molar-refractivity contribution in [3.05, 3.63) is 33.2 Å². The number of aromatic amines is 1. The Balaban J connectivity index is 2.47. The number of sulfone groups is 1. The molecule has 6 heteroatoms. The summed E-state index contributed by atoms with van der Waals surface area (Å²) in [6.45, 7) is 0.176. The van der Waals surface area contributed by atoms with Crippen LogP contribution < -0.4 is 11.3 Å². The molecule has 1 aliphatic heterocycles. The molecule has 0 aliphatic carbocycles. The molecule has 0 saturated heterocycles. The summed E-state index contributed by atoms with van der Waals surface area (Å²) in [4.78, 5) is 14.2. The van der Waals surface area contributed by atoms with E-state index in [0.717, 1.165) is 11.3 Å². The largest absolute Gasteiger partial charge is 0.326 e. The Morgan fingerprint density at radius 3 is 2.69 bits per heavy atom. The average Bonchev–Trinajstić information content (AvgIpc) is 2.38. The fraction of sp³-hybridized carbons (Fsp3) is 0.500. The Morgan fingerprint density at radius 2 is 2.00 bits per heavy atom. The molecule has 1 aliphatic rings.